The highest BCUT2D eigenvalue weighted by Gasteiger charge is 2.29. The molecule has 0 radical (unpaired) electrons. The van der Waals surface area contributed by atoms with E-state index in [0.29, 0.717) is 0 Å². The van der Waals surface area contributed by atoms with Crippen LogP contribution >= 0.6 is 22.6 Å². The lowest BCUT2D eigenvalue weighted by atomic mass is 10.3. The Morgan fingerprint density at radius 2 is 1.94 bits per heavy atom. The van der Waals surface area contributed by atoms with Gasteiger partial charge in [-0.1, -0.05) is 6.07 Å². The highest BCUT2D eigenvalue weighted by molar-refractivity contribution is 14.1. The normalized spacial score (nSPS) is 12.5. The number of benzene rings is 1. The van der Waals surface area contributed by atoms with Crippen LogP contribution in [0.25, 0.3) is 0 Å². The first-order valence-electron chi connectivity index (χ1n) is 4.28. The molecule has 1 rings (SSSR count). The summed E-state index contributed by atoms with van der Waals surface area (Å²) in [7, 11) is -4.21. The zero-order chi connectivity index (χ0) is 13.1. The molecular formula is C8H8F3IN2O2S. The number of hydrogen-bond acceptors (Lipinski definition) is 2. The first-order valence-corrected chi connectivity index (χ1v) is 6.84. The molecule has 0 aliphatic rings. The van der Waals surface area contributed by atoms with Gasteiger partial charge in [0.05, 0.1) is 5.69 Å². The number of halogens is 4. The smallest absolute Gasteiger partial charge is 0.271 e. The summed E-state index contributed by atoms with van der Waals surface area (Å²) in [5, 5.41) is 0. The average molecular weight is 380 g/mol. The molecule has 0 aliphatic heterocycles. The van der Waals surface area contributed by atoms with Crippen molar-refractivity contribution in [1.29, 1.82) is 0 Å². The molecule has 17 heavy (non-hydrogen) atoms. The molecule has 0 bridgehead atoms. The van der Waals surface area contributed by atoms with Gasteiger partial charge >= 0.3 is 6.18 Å². The van der Waals surface area contributed by atoms with Crippen molar-refractivity contribution in [2.45, 2.75) is 6.18 Å². The quantitative estimate of drug-likeness (QED) is 0.787. The Morgan fingerprint density at radius 3 is 2.47 bits per heavy atom. The van der Waals surface area contributed by atoms with Crippen molar-refractivity contribution in [3.63, 3.8) is 0 Å². The number of nitrogens with one attached hydrogen (secondary N) is 2. The molecule has 4 nitrogen and oxygen atoms in total. The van der Waals surface area contributed by atoms with Crippen LogP contribution in [0.4, 0.5) is 18.9 Å². The lowest BCUT2D eigenvalue weighted by Crippen LogP contribution is -2.37. The lowest BCUT2D eigenvalue weighted by Gasteiger charge is -2.11. The Labute approximate surface area is 110 Å². The standard InChI is InChI=1S/C8H8F3IN2O2S/c9-8(10,11)5-13-17(15,16)14-7-3-1-2-6(12)4-7/h1-4,13-14H,5H2. The fourth-order valence-electron chi connectivity index (χ4n) is 0.920. The Hall–Kier alpha value is -0.550. The van der Waals surface area contributed by atoms with Crippen LogP contribution in [-0.2, 0) is 10.2 Å². The van der Waals surface area contributed by atoms with E-state index in [1.807, 2.05) is 27.3 Å². The van der Waals surface area contributed by atoms with Gasteiger partial charge in [-0.15, -0.1) is 0 Å². The fraction of sp³-hybridized carbons (Fsp3) is 0.250. The summed E-state index contributed by atoms with van der Waals surface area (Å²) in [5.74, 6) is 0. The number of hydrogen-bond donors (Lipinski definition) is 2. The Bertz CT molecular complexity index is 490. The molecule has 0 atom stereocenters. The second-order valence-corrected chi connectivity index (χ2v) is 5.80. The predicted molar refractivity (Wildman–Crippen MR) is 65.8 cm³/mol. The summed E-state index contributed by atoms with van der Waals surface area (Å²) in [6, 6.07) is 6.24. The summed E-state index contributed by atoms with van der Waals surface area (Å²) < 4.78 is 62.1. The van der Waals surface area contributed by atoms with Gasteiger partial charge in [0.15, 0.2) is 0 Å². The van der Waals surface area contributed by atoms with Gasteiger partial charge in [-0.2, -0.15) is 26.3 Å². The first-order chi connectivity index (χ1) is 7.68. The van der Waals surface area contributed by atoms with Gasteiger partial charge in [-0.3, -0.25) is 4.72 Å². The molecule has 0 amide bonds. The van der Waals surface area contributed by atoms with Crippen molar-refractivity contribution in [2.24, 2.45) is 0 Å². The summed E-state index contributed by atoms with van der Waals surface area (Å²) >= 11 is 1.96. The molecule has 0 aromatic heterocycles. The molecule has 9 heteroatoms. The molecule has 0 spiro atoms. The van der Waals surface area contributed by atoms with E-state index in [0.717, 1.165) is 3.57 Å². The van der Waals surface area contributed by atoms with E-state index in [4.69, 9.17) is 0 Å². The minimum absolute atomic E-state index is 0.201. The molecule has 2 N–H and O–H groups in total. The van der Waals surface area contributed by atoms with Crippen molar-refractivity contribution >= 4 is 38.5 Å². The lowest BCUT2D eigenvalue weighted by molar-refractivity contribution is -0.121. The van der Waals surface area contributed by atoms with E-state index in [9.17, 15) is 21.6 Å². The van der Waals surface area contributed by atoms with Crippen molar-refractivity contribution < 1.29 is 21.6 Å². The maximum absolute atomic E-state index is 11.8. The van der Waals surface area contributed by atoms with E-state index in [2.05, 4.69) is 0 Å². The second-order valence-electron chi connectivity index (χ2n) is 3.05. The molecule has 0 fully saturated rings. The Kier molecular flexibility index (Phi) is 4.61. The van der Waals surface area contributed by atoms with Crippen LogP contribution in [0.3, 0.4) is 0 Å². The highest BCUT2D eigenvalue weighted by atomic mass is 127. The minimum atomic E-state index is -4.58. The van der Waals surface area contributed by atoms with Crippen molar-refractivity contribution in [1.82, 2.24) is 4.72 Å². The van der Waals surface area contributed by atoms with Gasteiger partial charge < -0.3 is 0 Å². The van der Waals surface area contributed by atoms with E-state index in [-0.39, 0.29) is 5.69 Å². The van der Waals surface area contributed by atoms with E-state index < -0.39 is 22.9 Å². The molecule has 0 heterocycles. The summed E-state index contributed by atoms with van der Waals surface area (Å²) in [6.45, 7) is -1.60. The van der Waals surface area contributed by atoms with Gasteiger partial charge in [0, 0.05) is 3.57 Å². The molecule has 0 unspecified atom stereocenters. The van der Waals surface area contributed by atoms with Crippen LogP contribution in [-0.4, -0.2) is 21.1 Å². The van der Waals surface area contributed by atoms with Crippen LogP contribution in [0, 0.1) is 3.57 Å². The number of alkyl halides is 3. The zero-order valence-electron chi connectivity index (χ0n) is 8.25. The van der Waals surface area contributed by atoms with Gasteiger partial charge in [0.1, 0.15) is 6.54 Å². The maximum Gasteiger partial charge on any atom is 0.402 e. The third-order valence-corrected chi connectivity index (χ3v) is 3.24. The second kappa shape index (κ2) is 5.40. The number of rotatable bonds is 4. The van der Waals surface area contributed by atoms with E-state index >= 15 is 0 Å². The van der Waals surface area contributed by atoms with Gasteiger partial charge in [0.25, 0.3) is 10.2 Å². The van der Waals surface area contributed by atoms with Crippen molar-refractivity contribution in [2.75, 3.05) is 11.3 Å². The Morgan fingerprint density at radius 1 is 1.29 bits per heavy atom. The van der Waals surface area contributed by atoms with Crippen LogP contribution in [0.1, 0.15) is 0 Å². The topological polar surface area (TPSA) is 58.2 Å². The largest absolute Gasteiger partial charge is 0.402 e. The third-order valence-electron chi connectivity index (χ3n) is 1.54. The average Bonchev–Trinajstić information content (AvgIpc) is 2.13. The molecule has 0 aliphatic carbocycles. The molecule has 96 valence electrons. The SMILES string of the molecule is O=S(=O)(NCC(F)(F)F)Nc1cccc(I)c1. The van der Waals surface area contributed by atoms with Gasteiger partial charge in [0.2, 0.25) is 0 Å². The predicted octanol–water partition coefficient (Wildman–Crippen LogP) is 2.10. The summed E-state index contributed by atoms with van der Waals surface area (Å²) in [4.78, 5) is 0. The zero-order valence-corrected chi connectivity index (χ0v) is 11.2. The highest BCUT2D eigenvalue weighted by Crippen LogP contribution is 2.15. The van der Waals surface area contributed by atoms with Crippen LogP contribution in [0.5, 0.6) is 0 Å². The summed E-state index contributed by atoms with van der Waals surface area (Å²) in [6.07, 6.45) is -4.58. The molecule has 1 aromatic rings. The summed E-state index contributed by atoms with van der Waals surface area (Å²) in [5.41, 5.74) is 0.201. The number of anilines is 1. The van der Waals surface area contributed by atoms with Gasteiger partial charge in [-0.25, -0.2) is 0 Å². The van der Waals surface area contributed by atoms with Gasteiger partial charge in [-0.05, 0) is 40.8 Å². The molecule has 1 aromatic carbocycles. The maximum atomic E-state index is 11.8. The molecule has 0 saturated heterocycles. The molecular weight excluding hydrogens is 372 g/mol. The van der Waals surface area contributed by atoms with Crippen LogP contribution in [0.15, 0.2) is 24.3 Å². The monoisotopic (exact) mass is 380 g/mol. The van der Waals surface area contributed by atoms with E-state index in [1.54, 1.807) is 12.1 Å². The van der Waals surface area contributed by atoms with Crippen molar-refractivity contribution in [3.8, 4) is 0 Å². The van der Waals surface area contributed by atoms with Crippen LogP contribution < -0.4 is 9.44 Å². The fourth-order valence-corrected chi connectivity index (χ4v) is 2.33. The van der Waals surface area contributed by atoms with Crippen LogP contribution in [0.2, 0.25) is 0 Å². The van der Waals surface area contributed by atoms with Crippen molar-refractivity contribution in [3.05, 3.63) is 27.8 Å². The molecule has 0 saturated carbocycles. The third kappa shape index (κ3) is 6.07. The first kappa shape index (κ1) is 14.5. The minimum Gasteiger partial charge on any atom is -0.271 e. The Balaban J connectivity index is 2.67. The van der Waals surface area contributed by atoms with E-state index in [1.165, 1.54) is 16.9 Å².